The first-order chi connectivity index (χ1) is 8.24. The van der Waals surface area contributed by atoms with Crippen LogP contribution in [0.25, 0.3) is 10.9 Å². The number of aldehydes is 1. The predicted octanol–water partition coefficient (Wildman–Crippen LogP) is 3.49. The minimum Gasteiger partial charge on any atom is -0.494 e. The molecule has 3 nitrogen and oxygen atoms in total. The third-order valence-corrected chi connectivity index (χ3v) is 2.67. The first-order valence-electron chi connectivity index (χ1n) is 5.43. The van der Waals surface area contributed by atoms with Crippen LogP contribution in [0.5, 0.6) is 5.75 Å². The lowest BCUT2D eigenvalue weighted by molar-refractivity contribution is 0.112. The quantitative estimate of drug-likeness (QED) is 0.615. The Morgan fingerprint density at radius 2 is 2.24 bits per heavy atom. The zero-order valence-corrected chi connectivity index (χ0v) is 10.2. The number of carbonyl (C=O) groups excluding carboxylic acids is 1. The Labute approximate surface area is 104 Å². The summed E-state index contributed by atoms with van der Waals surface area (Å²) in [5.41, 5.74) is 1.15. The minimum absolute atomic E-state index is 0.231. The van der Waals surface area contributed by atoms with E-state index in [4.69, 9.17) is 16.3 Å². The lowest BCUT2D eigenvalue weighted by atomic mass is 10.1. The monoisotopic (exact) mass is 249 g/mol. The fraction of sp³-hybridized carbons (Fsp3) is 0.231. The molecular formula is C13H12ClNO2. The fourth-order valence-electron chi connectivity index (χ4n) is 1.54. The molecule has 0 saturated heterocycles. The molecule has 0 spiro atoms. The molecule has 0 aliphatic carbocycles. The Morgan fingerprint density at radius 1 is 1.41 bits per heavy atom. The van der Waals surface area contributed by atoms with Gasteiger partial charge in [-0.1, -0.05) is 18.5 Å². The highest BCUT2D eigenvalue weighted by Crippen LogP contribution is 2.23. The van der Waals surface area contributed by atoms with Crippen LogP contribution in [0.15, 0.2) is 24.3 Å². The van der Waals surface area contributed by atoms with Gasteiger partial charge in [-0.25, -0.2) is 4.98 Å². The van der Waals surface area contributed by atoms with E-state index in [-0.39, 0.29) is 5.15 Å². The maximum absolute atomic E-state index is 10.8. The number of hydrogen-bond acceptors (Lipinski definition) is 3. The predicted molar refractivity (Wildman–Crippen MR) is 67.9 cm³/mol. The van der Waals surface area contributed by atoms with Crippen LogP contribution >= 0.6 is 11.6 Å². The van der Waals surface area contributed by atoms with E-state index in [1.165, 1.54) is 0 Å². The summed E-state index contributed by atoms with van der Waals surface area (Å²) in [7, 11) is 0. The van der Waals surface area contributed by atoms with Crippen molar-refractivity contribution in [2.45, 2.75) is 13.3 Å². The van der Waals surface area contributed by atoms with Gasteiger partial charge in [-0.3, -0.25) is 4.79 Å². The summed E-state index contributed by atoms with van der Waals surface area (Å²) in [4.78, 5) is 14.9. The third-order valence-electron chi connectivity index (χ3n) is 2.37. The number of ether oxygens (including phenoxy) is 1. The van der Waals surface area contributed by atoms with Crippen LogP contribution in [0, 0.1) is 0 Å². The van der Waals surface area contributed by atoms with Crippen molar-refractivity contribution in [2.75, 3.05) is 6.61 Å². The maximum atomic E-state index is 10.8. The van der Waals surface area contributed by atoms with Crippen molar-refractivity contribution in [3.05, 3.63) is 35.0 Å². The Kier molecular flexibility index (Phi) is 3.59. The van der Waals surface area contributed by atoms with Crippen LogP contribution in [0.2, 0.25) is 5.15 Å². The van der Waals surface area contributed by atoms with Crippen molar-refractivity contribution in [1.29, 1.82) is 0 Å². The molecule has 0 saturated carbocycles. The van der Waals surface area contributed by atoms with Crippen molar-refractivity contribution in [3.8, 4) is 5.75 Å². The van der Waals surface area contributed by atoms with Gasteiger partial charge < -0.3 is 4.74 Å². The van der Waals surface area contributed by atoms with Gasteiger partial charge >= 0.3 is 0 Å². The molecule has 0 amide bonds. The molecule has 0 bridgehead atoms. The number of hydrogen-bond donors (Lipinski definition) is 0. The van der Waals surface area contributed by atoms with Gasteiger partial charge in [0.25, 0.3) is 0 Å². The molecule has 1 aromatic carbocycles. The van der Waals surface area contributed by atoms with Crippen LogP contribution < -0.4 is 4.74 Å². The van der Waals surface area contributed by atoms with E-state index in [2.05, 4.69) is 4.98 Å². The molecular weight excluding hydrogens is 238 g/mol. The Bertz CT molecular complexity index is 554. The zero-order valence-electron chi connectivity index (χ0n) is 9.44. The van der Waals surface area contributed by atoms with Crippen molar-refractivity contribution < 1.29 is 9.53 Å². The molecule has 4 heteroatoms. The number of carbonyl (C=O) groups is 1. The normalized spacial score (nSPS) is 10.5. The first-order valence-corrected chi connectivity index (χ1v) is 5.80. The number of pyridine rings is 1. The molecule has 0 atom stereocenters. The number of fused-ring (bicyclic) bond motifs is 1. The Balaban J connectivity index is 2.45. The van der Waals surface area contributed by atoms with Gasteiger partial charge in [-0.05, 0) is 30.7 Å². The van der Waals surface area contributed by atoms with Gasteiger partial charge in [0.1, 0.15) is 10.9 Å². The van der Waals surface area contributed by atoms with E-state index in [1.54, 1.807) is 6.07 Å². The molecule has 0 fully saturated rings. The lowest BCUT2D eigenvalue weighted by Crippen LogP contribution is -1.95. The number of halogens is 1. The van der Waals surface area contributed by atoms with Crippen LogP contribution in [0.3, 0.4) is 0 Å². The second-order valence-electron chi connectivity index (χ2n) is 3.69. The first kappa shape index (κ1) is 11.9. The standard InChI is InChI=1S/C13H12ClNO2/c1-2-5-17-11-3-4-12-9(7-11)6-10(8-16)13(14)15-12/h3-4,6-8H,2,5H2,1H3. The average molecular weight is 250 g/mol. The fourth-order valence-corrected chi connectivity index (χ4v) is 1.73. The second kappa shape index (κ2) is 5.15. The number of aromatic nitrogens is 1. The van der Waals surface area contributed by atoms with Gasteiger partial charge in [-0.15, -0.1) is 0 Å². The highest BCUT2D eigenvalue weighted by atomic mass is 35.5. The van der Waals surface area contributed by atoms with Crippen molar-refractivity contribution in [1.82, 2.24) is 4.98 Å². The topological polar surface area (TPSA) is 39.2 Å². The summed E-state index contributed by atoms with van der Waals surface area (Å²) in [6.07, 6.45) is 1.66. The second-order valence-corrected chi connectivity index (χ2v) is 4.05. The summed E-state index contributed by atoms with van der Waals surface area (Å²) in [6.45, 7) is 2.72. The van der Waals surface area contributed by atoms with E-state index in [0.29, 0.717) is 18.5 Å². The van der Waals surface area contributed by atoms with E-state index in [1.807, 2.05) is 25.1 Å². The smallest absolute Gasteiger partial charge is 0.153 e. The van der Waals surface area contributed by atoms with Crippen LogP contribution in [-0.2, 0) is 0 Å². The average Bonchev–Trinajstić information content (AvgIpc) is 2.35. The summed E-state index contributed by atoms with van der Waals surface area (Å²) in [5, 5.41) is 1.08. The van der Waals surface area contributed by atoms with Crippen LogP contribution in [0.1, 0.15) is 23.7 Å². The summed E-state index contributed by atoms with van der Waals surface area (Å²) < 4.78 is 5.52. The van der Waals surface area contributed by atoms with Crippen molar-refractivity contribution in [2.24, 2.45) is 0 Å². The molecule has 0 aliphatic rings. The minimum atomic E-state index is 0.231. The molecule has 0 unspecified atom stereocenters. The van der Waals surface area contributed by atoms with E-state index in [9.17, 15) is 4.79 Å². The largest absolute Gasteiger partial charge is 0.494 e. The van der Waals surface area contributed by atoms with Gasteiger partial charge in [0.05, 0.1) is 17.7 Å². The summed E-state index contributed by atoms with van der Waals surface area (Å²) >= 11 is 5.85. The van der Waals surface area contributed by atoms with Crippen LogP contribution in [-0.4, -0.2) is 17.9 Å². The number of benzene rings is 1. The SMILES string of the molecule is CCCOc1ccc2nc(Cl)c(C=O)cc2c1. The molecule has 1 aromatic heterocycles. The summed E-state index contributed by atoms with van der Waals surface area (Å²) in [6, 6.07) is 7.26. The highest BCUT2D eigenvalue weighted by molar-refractivity contribution is 6.32. The van der Waals surface area contributed by atoms with E-state index < -0.39 is 0 Å². The molecule has 2 aromatic rings. The van der Waals surface area contributed by atoms with E-state index in [0.717, 1.165) is 23.1 Å². The van der Waals surface area contributed by atoms with Gasteiger partial charge in [-0.2, -0.15) is 0 Å². The van der Waals surface area contributed by atoms with Gasteiger partial charge in [0, 0.05) is 5.39 Å². The molecule has 88 valence electrons. The van der Waals surface area contributed by atoms with E-state index >= 15 is 0 Å². The Hall–Kier alpha value is -1.61. The molecule has 0 radical (unpaired) electrons. The maximum Gasteiger partial charge on any atom is 0.153 e. The van der Waals surface area contributed by atoms with Crippen molar-refractivity contribution >= 4 is 28.8 Å². The van der Waals surface area contributed by atoms with Crippen LogP contribution in [0.4, 0.5) is 0 Å². The molecule has 2 rings (SSSR count). The Morgan fingerprint density at radius 3 is 2.94 bits per heavy atom. The summed E-state index contributed by atoms with van der Waals surface area (Å²) in [5.74, 6) is 0.778. The van der Waals surface area contributed by atoms with Crippen molar-refractivity contribution in [3.63, 3.8) is 0 Å². The zero-order chi connectivity index (χ0) is 12.3. The third kappa shape index (κ3) is 2.56. The lowest BCUT2D eigenvalue weighted by Gasteiger charge is -2.06. The molecule has 0 aliphatic heterocycles. The highest BCUT2D eigenvalue weighted by Gasteiger charge is 2.05. The van der Waals surface area contributed by atoms with Gasteiger partial charge in [0.15, 0.2) is 6.29 Å². The van der Waals surface area contributed by atoms with Gasteiger partial charge in [0.2, 0.25) is 0 Å². The number of nitrogens with zero attached hydrogens (tertiary/aromatic N) is 1. The number of rotatable bonds is 4. The molecule has 1 heterocycles. The molecule has 17 heavy (non-hydrogen) atoms. The molecule has 0 N–H and O–H groups in total.